The number of fused-ring (bicyclic) bond motifs is 1. The summed E-state index contributed by atoms with van der Waals surface area (Å²) in [7, 11) is 0. The highest BCUT2D eigenvalue weighted by molar-refractivity contribution is 9.10. The lowest BCUT2D eigenvalue weighted by atomic mass is 9.87. The van der Waals surface area contributed by atoms with Gasteiger partial charge in [0.05, 0.1) is 10.3 Å². The van der Waals surface area contributed by atoms with E-state index in [4.69, 9.17) is 0 Å². The highest BCUT2D eigenvalue weighted by atomic mass is 79.9. The molecule has 1 heterocycles. The zero-order chi connectivity index (χ0) is 14.0. The second-order valence-electron chi connectivity index (χ2n) is 5.77. The molecule has 0 spiro atoms. The lowest BCUT2D eigenvalue weighted by Crippen LogP contribution is -2.30. The Morgan fingerprint density at radius 2 is 2.00 bits per heavy atom. The van der Waals surface area contributed by atoms with Gasteiger partial charge in [0.2, 0.25) is 0 Å². The summed E-state index contributed by atoms with van der Waals surface area (Å²) in [6.45, 7) is 5.86. The molecule has 0 bridgehead atoms. The molecule has 1 aromatic heterocycles. The van der Waals surface area contributed by atoms with Gasteiger partial charge in [-0.25, -0.2) is 0 Å². The van der Waals surface area contributed by atoms with E-state index in [-0.39, 0.29) is 16.0 Å². The fraction of sp³-hybridized carbons (Fsp3) is 0.375. The topological polar surface area (TPSA) is 30.0 Å². The Labute approximate surface area is 122 Å². The maximum atomic E-state index is 12.2. The summed E-state index contributed by atoms with van der Waals surface area (Å²) in [5, 5.41) is 1.12. The highest BCUT2D eigenvalue weighted by Gasteiger charge is 2.28. The highest BCUT2D eigenvalue weighted by Crippen LogP contribution is 2.25. The lowest BCUT2D eigenvalue weighted by molar-refractivity contribution is -0.125. The maximum absolute atomic E-state index is 12.2. The van der Waals surface area contributed by atoms with Crippen LogP contribution < -0.4 is 0 Å². The first-order valence-corrected chi connectivity index (χ1v) is 7.32. The van der Waals surface area contributed by atoms with Crippen LogP contribution in [0.15, 0.2) is 36.5 Å². The number of aromatic nitrogens is 1. The van der Waals surface area contributed by atoms with Crippen LogP contribution >= 0.6 is 15.9 Å². The Bertz CT molecular complexity index is 596. The van der Waals surface area contributed by atoms with Crippen LogP contribution in [0.25, 0.3) is 10.9 Å². The van der Waals surface area contributed by atoms with Crippen LogP contribution in [0.4, 0.5) is 0 Å². The second kappa shape index (κ2) is 5.41. The SMILES string of the molecule is CC(C)(C)C(=O)C(Br)Cc1cccc2ncccc12. The standard InChI is InChI=1S/C16H18BrNO/c1-16(2,3)15(19)13(17)10-11-6-4-8-14-12(11)7-5-9-18-14/h4-9,13H,10H2,1-3H3. The van der Waals surface area contributed by atoms with E-state index in [0.29, 0.717) is 6.42 Å². The van der Waals surface area contributed by atoms with Crippen molar-refractivity contribution in [3.05, 3.63) is 42.1 Å². The Morgan fingerprint density at radius 3 is 2.68 bits per heavy atom. The molecule has 0 amide bonds. The fourth-order valence-corrected chi connectivity index (χ4v) is 3.14. The van der Waals surface area contributed by atoms with Crippen LogP contribution in [-0.2, 0) is 11.2 Å². The zero-order valence-electron chi connectivity index (χ0n) is 11.5. The molecule has 1 aromatic carbocycles. The molecule has 0 saturated heterocycles. The number of nitrogens with zero attached hydrogens (tertiary/aromatic N) is 1. The molecule has 2 aromatic rings. The number of Topliss-reactive ketones (excluding diaryl/α,β-unsaturated/α-hetero) is 1. The van der Waals surface area contributed by atoms with Gasteiger partial charge in [-0.05, 0) is 24.1 Å². The Hall–Kier alpha value is -1.22. The number of hydrogen-bond donors (Lipinski definition) is 0. The quantitative estimate of drug-likeness (QED) is 0.795. The Morgan fingerprint density at radius 1 is 1.26 bits per heavy atom. The van der Waals surface area contributed by atoms with Crippen molar-refractivity contribution in [1.82, 2.24) is 4.98 Å². The van der Waals surface area contributed by atoms with E-state index in [2.05, 4.69) is 33.0 Å². The van der Waals surface area contributed by atoms with E-state index < -0.39 is 0 Å². The Balaban J connectivity index is 2.29. The molecule has 19 heavy (non-hydrogen) atoms. The predicted octanol–water partition coefficient (Wildman–Crippen LogP) is 4.16. The number of pyridine rings is 1. The van der Waals surface area contributed by atoms with E-state index in [1.165, 1.54) is 0 Å². The van der Waals surface area contributed by atoms with Crippen LogP contribution in [-0.4, -0.2) is 15.6 Å². The van der Waals surface area contributed by atoms with Gasteiger partial charge in [-0.2, -0.15) is 0 Å². The number of alkyl halides is 1. The Kier molecular flexibility index (Phi) is 4.04. The lowest BCUT2D eigenvalue weighted by Gasteiger charge is -2.21. The van der Waals surface area contributed by atoms with E-state index in [1.54, 1.807) is 6.20 Å². The smallest absolute Gasteiger partial charge is 0.152 e. The molecule has 0 fully saturated rings. The maximum Gasteiger partial charge on any atom is 0.152 e. The number of benzene rings is 1. The van der Waals surface area contributed by atoms with Crippen molar-refractivity contribution in [2.24, 2.45) is 5.41 Å². The zero-order valence-corrected chi connectivity index (χ0v) is 13.1. The van der Waals surface area contributed by atoms with Crippen LogP contribution in [0.1, 0.15) is 26.3 Å². The molecule has 100 valence electrons. The third-order valence-electron chi connectivity index (χ3n) is 3.16. The van der Waals surface area contributed by atoms with E-state index in [0.717, 1.165) is 16.5 Å². The summed E-state index contributed by atoms with van der Waals surface area (Å²) >= 11 is 3.53. The van der Waals surface area contributed by atoms with Gasteiger partial charge in [0, 0.05) is 17.0 Å². The number of carbonyl (C=O) groups excluding carboxylic acids is 1. The summed E-state index contributed by atoms with van der Waals surface area (Å²) in [6.07, 6.45) is 2.48. The van der Waals surface area contributed by atoms with Gasteiger partial charge in [-0.3, -0.25) is 9.78 Å². The van der Waals surface area contributed by atoms with Crippen molar-refractivity contribution in [2.45, 2.75) is 32.0 Å². The van der Waals surface area contributed by atoms with Gasteiger partial charge in [0.15, 0.2) is 5.78 Å². The number of ketones is 1. The van der Waals surface area contributed by atoms with Crippen molar-refractivity contribution in [3.8, 4) is 0 Å². The molecule has 0 aliphatic rings. The molecule has 0 N–H and O–H groups in total. The molecule has 2 nitrogen and oxygen atoms in total. The molecule has 3 heteroatoms. The van der Waals surface area contributed by atoms with Gasteiger partial charge in [0.1, 0.15) is 0 Å². The van der Waals surface area contributed by atoms with Gasteiger partial charge in [0.25, 0.3) is 0 Å². The molecule has 2 rings (SSSR count). The van der Waals surface area contributed by atoms with E-state index in [9.17, 15) is 4.79 Å². The number of halogens is 1. The largest absolute Gasteiger partial charge is 0.298 e. The van der Waals surface area contributed by atoms with E-state index in [1.807, 2.05) is 39.0 Å². The number of rotatable bonds is 3. The first-order chi connectivity index (χ1) is 8.89. The number of hydrogen-bond acceptors (Lipinski definition) is 2. The van der Waals surface area contributed by atoms with E-state index >= 15 is 0 Å². The molecule has 0 saturated carbocycles. The van der Waals surface area contributed by atoms with Gasteiger partial charge in [-0.1, -0.05) is 54.9 Å². The summed E-state index contributed by atoms with van der Waals surface area (Å²) in [5.41, 5.74) is 1.81. The molecular formula is C16H18BrNO. The van der Waals surface area contributed by atoms with Gasteiger partial charge in [-0.15, -0.1) is 0 Å². The minimum Gasteiger partial charge on any atom is -0.298 e. The second-order valence-corrected chi connectivity index (χ2v) is 6.88. The molecule has 0 aliphatic heterocycles. The number of carbonyl (C=O) groups is 1. The third kappa shape index (κ3) is 3.21. The monoisotopic (exact) mass is 319 g/mol. The van der Waals surface area contributed by atoms with Crippen molar-refractivity contribution in [3.63, 3.8) is 0 Å². The van der Waals surface area contributed by atoms with Gasteiger partial charge < -0.3 is 0 Å². The first kappa shape index (κ1) is 14.2. The average molecular weight is 320 g/mol. The minimum absolute atomic E-state index is 0.154. The predicted molar refractivity (Wildman–Crippen MR) is 82.6 cm³/mol. The van der Waals surface area contributed by atoms with Crippen LogP contribution in [0, 0.1) is 5.41 Å². The van der Waals surface area contributed by atoms with Crippen molar-refractivity contribution in [2.75, 3.05) is 0 Å². The average Bonchev–Trinajstić information content (AvgIpc) is 2.37. The first-order valence-electron chi connectivity index (χ1n) is 6.40. The molecule has 0 radical (unpaired) electrons. The molecule has 1 unspecified atom stereocenters. The van der Waals surface area contributed by atoms with Crippen LogP contribution in [0.3, 0.4) is 0 Å². The third-order valence-corrected chi connectivity index (χ3v) is 3.90. The van der Waals surface area contributed by atoms with Crippen molar-refractivity contribution < 1.29 is 4.79 Å². The summed E-state index contributed by atoms with van der Waals surface area (Å²) in [6, 6.07) is 10.0. The summed E-state index contributed by atoms with van der Waals surface area (Å²) in [4.78, 5) is 16.4. The summed E-state index contributed by atoms with van der Waals surface area (Å²) < 4.78 is 0. The van der Waals surface area contributed by atoms with Crippen LogP contribution in [0.5, 0.6) is 0 Å². The summed E-state index contributed by atoms with van der Waals surface area (Å²) in [5.74, 6) is 0.230. The van der Waals surface area contributed by atoms with Gasteiger partial charge >= 0.3 is 0 Å². The minimum atomic E-state index is -0.322. The molecular weight excluding hydrogens is 302 g/mol. The van der Waals surface area contributed by atoms with Crippen LogP contribution in [0.2, 0.25) is 0 Å². The van der Waals surface area contributed by atoms with Crippen molar-refractivity contribution in [1.29, 1.82) is 0 Å². The fourth-order valence-electron chi connectivity index (χ4n) is 2.10. The normalized spacial score (nSPS) is 13.5. The van der Waals surface area contributed by atoms with Crippen molar-refractivity contribution >= 4 is 32.6 Å². The molecule has 1 atom stereocenters. The molecule has 0 aliphatic carbocycles.